The van der Waals surface area contributed by atoms with Gasteiger partial charge in [0.25, 0.3) is 0 Å². The van der Waals surface area contributed by atoms with Gasteiger partial charge < -0.3 is 9.47 Å². The van der Waals surface area contributed by atoms with Crippen LogP contribution < -0.4 is 0 Å². The van der Waals surface area contributed by atoms with Gasteiger partial charge in [-0.25, -0.2) is 9.78 Å². The highest BCUT2D eigenvalue weighted by molar-refractivity contribution is 5.70. The molecule has 0 fully saturated rings. The molecule has 0 bridgehead atoms. The lowest BCUT2D eigenvalue weighted by molar-refractivity contribution is -0.289. The molecule has 0 radical (unpaired) electrons. The Morgan fingerprint density at radius 3 is 1.55 bits per heavy atom. The minimum atomic E-state index is -0.478. The number of ether oxygens (including phenoxy) is 2. The van der Waals surface area contributed by atoms with Crippen LogP contribution in [0.4, 0.5) is 0 Å². The second-order valence-corrected chi connectivity index (χ2v) is 10.4. The maximum Gasteiger partial charge on any atom is 0.306 e. The second-order valence-electron chi connectivity index (χ2n) is 10.4. The highest BCUT2D eigenvalue weighted by Crippen LogP contribution is 2.40. The first-order valence-corrected chi connectivity index (χ1v) is 10.8. The number of esters is 2. The van der Waals surface area contributed by atoms with Crippen LogP contribution in [0.25, 0.3) is 0 Å². The Morgan fingerprint density at radius 1 is 0.759 bits per heavy atom. The largest absolute Gasteiger partial charge is 0.465 e. The van der Waals surface area contributed by atoms with E-state index in [-0.39, 0.29) is 42.4 Å². The van der Waals surface area contributed by atoms with Crippen molar-refractivity contribution in [3.8, 4) is 0 Å². The molecule has 0 aromatic carbocycles. The molecule has 29 heavy (non-hydrogen) atoms. The predicted octanol–water partition coefficient (Wildman–Crippen LogP) is 5.19. The van der Waals surface area contributed by atoms with Crippen LogP contribution >= 0.6 is 0 Å². The summed E-state index contributed by atoms with van der Waals surface area (Å²) in [5.74, 6) is 0.386. The van der Waals surface area contributed by atoms with Gasteiger partial charge in [-0.2, -0.15) is 0 Å². The van der Waals surface area contributed by atoms with E-state index in [1.54, 1.807) is 0 Å². The molecule has 0 aliphatic carbocycles. The first-order chi connectivity index (χ1) is 13.3. The summed E-state index contributed by atoms with van der Waals surface area (Å²) >= 11 is 0. The van der Waals surface area contributed by atoms with Crippen molar-refractivity contribution in [2.24, 2.45) is 28.6 Å². The normalized spacial score (nSPS) is 12.7. The molecule has 0 rings (SSSR count). The van der Waals surface area contributed by atoms with Crippen LogP contribution in [0.15, 0.2) is 0 Å². The molecule has 0 heterocycles. The molecule has 0 aliphatic heterocycles. The number of hydrogen-bond acceptors (Lipinski definition) is 6. The Morgan fingerprint density at radius 2 is 1.21 bits per heavy atom. The van der Waals surface area contributed by atoms with E-state index in [1.807, 2.05) is 27.7 Å². The van der Waals surface area contributed by atoms with Crippen LogP contribution in [-0.4, -0.2) is 38.9 Å². The predicted molar refractivity (Wildman–Crippen MR) is 114 cm³/mol. The maximum atomic E-state index is 12.2. The molecule has 0 aromatic rings. The molecule has 0 saturated carbocycles. The third-order valence-corrected chi connectivity index (χ3v) is 4.49. The van der Waals surface area contributed by atoms with Crippen molar-refractivity contribution in [3.05, 3.63) is 0 Å². The molecule has 6 nitrogen and oxygen atoms in total. The first kappa shape index (κ1) is 27.9. The van der Waals surface area contributed by atoms with E-state index in [0.29, 0.717) is 31.8 Å². The standard InChI is InChI=1S/C23H44O6/c1-17(2)10-20(24)27-15-23(12-19(5)6,13-22(7,8)14-29-26-9)16-28-21(25)11-18(3)4/h17-19H,10-16H2,1-9H3. The van der Waals surface area contributed by atoms with E-state index in [2.05, 4.69) is 27.7 Å². The summed E-state index contributed by atoms with van der Waals surface area (Å²) in [7, 11) is 1.48. The van der Waals surface area contributed by atoms with Crippen molar-refractivity contribution in [1.82, 2.24) is 0 Å². The van der Waals surface area contributed by atoms with Gasteiger partial charge in [-0.1, -0.05) is 55.4 Å². The highest BCUT2D eigenvalue weighted by Gasteiger charge is 2.40. The Balaban J connectivity index is 5.50. The zero-order chi connectivity index (χ0) is 22.7. The summed E-state index contributed by atoms with van der Waals surface area (Å²) in [6.07, 6.45) is 2.20. The maximum absolute atomic E-state index is 12.2. The Kier molecular flexibility index (Phi) is 12.7. The molecule has 0 unspecified atom stereocenters. The Bertz CT molecular complexity index is 456. The van der Waals surface area contributed by atoms with Crippen LogP contribution in [-0.2, 0) is 28.8 Å². The zero-order valence-corrected chi connectivity index (χ0v) is 20.1. The van der Waals surface area contributed by atoms with Crippen molar-refractivity contribution in [2.75, 3.05) is 26.9 Å². The smallest absolute Gasteiger partial charge is 0.306 e. The lowest BCUT2D eigenvalue weighted by Crippen LogP contribution is -2.41. The van der Waals surface area contributed by atoms with Gasteiger partial charge in [0.2, 0.25) is 0 Å². The van der Waals surface area contributed by atoms with Crippen LogP contribution in [0.3, 0.4) is 0 Å². The highest BCUT2D eigenvalue weighted by atomic mass is 17.2. The number of rotatable bonds is 15. The summed E-state index contributed by atoms with van der Waals surface area (Å²) in [5, 5.41) is 0. The van der Waals surface area contributed by atoms with E-state index in [4.69, 9.17) is 19.2 Å². The van der Waals surface area contributed by atoms with Gasteiger partial charge in [0.1, 0.15) is 13.2 Å². The molecular formula is C23H44O6. The minimum Gasteiger partial charge on any atom is -0.465 e. The molecule has 0 N–H and O–H groups in total. The fourth-order valence-electron chi connectivity index (χ4n) is 3.74. The van der Waals surface area contributed by atoms with E-state index in [0.717, 1.165) is 6.42 Å². The molecule has 0 aromatic heterocycles. The molecule has 0 spiro atoms. The zero-order valence-electron chi connectivity index (χ0n) is 20.1. The second kappa shape index (κ2) is 13.2. The monoisotopic (exact) mass is 416 g/mol. The van der Waals surface area contributed by atoms with E-state index in [1.165, 1.54) is 7.11 Å². The Hall–Kier alpha value is -1.14. The lowest BCUT2D eigenvalue weighted by atomic mass is 9.70. The fraction of sp³-hybridized carbons (Fsp3) is 0.913. The molecule has 6 heteroatoms. The van der Waals surface area contributed by atoms with Gasteiger partial charge in [0.05, 0.1) is 13.7 Å². The van der Waals surface area contributed by atoms with Gasteiger partial charge in [-0.05, 0) is 36.0 Å². The average Bonchev–Trinajstić information content (AvgIpc) is 2.54. The molecule has 0 saturated heterocycles. The van der Waals surface area contributed by atoms with E-state index >= 15 is 0 Å². The molecule has 0 amide bonds. The van der Waals surface area contributed by atoms with Crippen molar-refractivity contribution < 1.29 is 28.8 Å². The quantitative estimate of drug-likeness (QED) is 0.208. The van der Waals surface area contributed by atoms with Crippen molar-refractivity contribution in [3.63, 3.8) is 0 Å². The van der Waals surface area contributed by atoms with Crippen molar-refractivity contribution >= 4 is 11.9 Å². The summed E-state index contributed by atoms with van der Waals surface area (Å²) < 4.78 is 11.4. The topological polar surface area (TPSA) is 71.1 Å². The Labute approximate surface area is 177 Å². The van der Waals surface area contributed by atoms with Crippen LogP contribution in [0.2, 0.25) is 0 Å². The lowest BCUT2D eigenvalue weighted by Gasteiger charge is -2.40. The number of carbonyl (C=O) groups excluding carboxylic acids is 2. The van der Waals surface area contributed by atoms with E-state index in [9.17, 15) is 9.59 Å². The fourth-order valence-corrected chi connectivity index (χ4v) is 3.74. The number of carbonyl (C=O) groups is 2. The minimum absolute atomic E-state index is 0.215. The van der Waals surface area contributed by atoms with Crippen LogP contribution in [0, 0.1) is 28.6 Å². The van der Waals surface area contributed by atoms with Gasteiger partial charge in [-0.15, -0.1) is 0 Å². The average molecular weight is 417 g/mol. The summed E-state index contributed by atoms with van der Waals surface area (Å²) in [4.78, 5) is 34.4. The third-order valence-electron chi connectivity index (χ3n) is 4.49. The molecule has 0 atom stereocenters. The SMILES string of the molecule is COOCC(C)(C)CC(COC(=O)CC(C)C)(COC(=O)CC(C)C)CC(C)C. The summed E-state index contributed by atoms with van der Waals surface area (Å²) in [6.45, 7) is 17.2. The van der Waals surface area contributed by atoms with Crippen LogP contribution in [0.1, 0.15) is 81.1 Å². The summed E-state index contributed by atoms with van der Waals surface area (Å²) in [6, 6.07) is 0. The number of hydrogen-bond donors (Lipinski definition) is 0. The van der Waals surface area contributed by atoms with Crippen molar-refractivity contribution in [1.29, 1.82) is 0 Å². The van der Waals surface area contributed by atoms with Gasteiger partial charge in [0.15, 0.2) is 0 Å². The van der Waals surface area contributed by atoms with Gasteiger partial charge in [-0.3, -0.25) is 9.59 Å². The van der Waals surface area contributed by atoms with E-state index < -0.39 is 5.41 Å². The molecular weight excluding hydrogens is 372 g/mol. The van der Waals surface area contributed by atoms with Crippen molar-refractivity contribution in [2.45, 2.75) is 81.1 Å². The third kappa shape index (κ3) is 13.7. The molecule has 0 aliphatic rings. The van der Waals surface area contributed by atoms with Crippen LogP contribution in [0.5, 0.6) is 0 Å². The first-order valence-electron chi connectivity index (χ1n) is 10.8. The van der Waals surface area contributed by atoms with Gasteiger partial charge in [0, 0.05) is 18.3 Å². The summed E-state index contributed by atoms with van der Waals surface area (Å²) in [5.41, 5.74) is -0.728. The van der Waals surface area contributed by atoms with Gasteiger partial charge >= 0.3 is 11.9 Å². The molecule has 172 valence electrons.